The molecular weight excluding hydrogens is 204 g/mol. The normalized spacial score (nSPS) is 35.2. The fraction of sp³-hybridized carbons (Fsp3) is 0.500. The lowest BCUT2D eigenvalue weighted by atomic mass is 10.0. The van der Waals surface area contributed by atoms with Crippen molar-refractivity contribution in [1.82, 2.24) is 20.3 Å². The summed E-state index contributed by atoms with van der Waals surface area (Å²) in [6, 6.07) is 1.90. The summed E-state index contributed by atoms with van der Waals surface area (Å²) in [5.74, 6) is 0.312. The number of hydrogen-bond donors (Lipinski definition) is 2. The second-order valence-corrected chi connectivity index (χ2v) is 4.33. The molecule has 3 N–H and O–H groups in total. The molecular formula is C10H14N6. The highest BCUT2D eigenvalue weighted by Gasteiger charge is 2.73. The first-order chi connectivity index (χ1) is 7.64. The van der Waals surface area contributed by atoms with Gasteiger partial charge < -0.3 is 5.73 Å². The van der Waals surface area contributed by atoms with Crippen molar-refractivity contribution in [2.45, 2.75) is 17.5 Å². The van der Waals surface area contributed by atoms with Crippen LogP contribution in [-0.2, 0) is 5.41 Å². The lowest BCUT2D eigenvalue weighted by Gasteiger charge is -2.23. The van der Waals surface area contributed by atoms with Gasteiger partial charge in [-0.25, -0.2) is 9.97 Å². The topological polar surface area (TPSA) is 79.4 Å². The number of nitrogens with two attached hydrogens (primary N) is 1. The van der Waals surface area contributed by atoms with Crippen LogP contribution in [0.5, 0.6) is 0 Å². The van der Waals surface area contributed by atoms with Gasteiger partial charge in [-0.2, -0.15) is 5.10 Å². The summed E-state index contributed by atoms with van der Waals surface area (Å²) in [6.45, 7) is 0. The van der Waals surface area contributed by atoms with Crippen LogP contribution in [0.1, 0.15) is 12.1 Å². The van der Waals surface area contributed by atoms with E-state index in [9.17, 15) is 0 Å². The van der Waals surface area contributed by atoms with Gasteiger partial charge >= 0.3 is 0 Å². The molecule has 3 rings (SSSR count). The number of anilines is 1. The SMILES string of the molecule is CNC12CC1(c1ccnc(N)n1)C=NN2C. The summed E-state index contributed by atoms with van der Waals surface area (Å²) in [7, 11) is 3.91. The predicted molar refractivity (Wildman–Crippen MR) is 60.8 cm³/mol. The molecule has 0 amide bonds. The molecule has 1 aliphatic heterocycles. The van der Waals surface area contributed by atoms with Crippen LogP contribution in [0, 0.1) is 0 Å². The van der Waals surface area contributed by atoms with Gasteiger partial charge in [0.2, 0.25) is 5.95 Å². The van der Waals surface area contributed by atoms with E-state index in [2.05, 4.69) is 20.4 Å². The first-order valence-corrected chi connectivity index (χ1v) is 5.21. The fourth-order valence-electron chi connectivity index (χ4n) is 2.66. The molecule has 84 valence electrons. The van der Waals surface area contributed by atoms with Crippen LogP contribution in [0.2, 0.25) is 0 Å². The van der Waals surface area contributed by atoms with Gasteiger partial charge in [0, 0.05) is 25.9 Å². The van der Waals surface area contributed by atoms with Gasteiger partial charge in [0.25, 0.3) is 0 Å². The van der Waals surface area contributed by atoms with Crippen molar-refractivity contribution in [2.24, 2.45) is 5.10 Å². The largest absolute Gasteiger partial charge is 0.368 e. The van der Waals surface area contributed by atoms with Crippen molar-refractivity contribution < 1.29 is 0 Å². The molecule has 2 unspecified atom stereocenters. The van der Waals surface area contributed by atoms with E-state index < -0.39 is 0 Å². The zero-order chi connectivity index (χ0) is 11.4. The third kappa shape index (κ3) is 0.880. The molecule has 1 fully saturated rings. The molecule has 0 bridgehead atoms. The van der Waals surface area contributed by atoms with E-state index in [0.717, 1.165) is 12.1 Å². The van der Waals surface area contributed by atoms with Gasteiger partial charge in [0.05, 0.1) is 11.1 Å². The average molecular weight is 218 g/mol. The number of hydrogen-bond acceptors (Lipinski definition) is 6. The highest BCUT2D eigenvalue weighted by molar-refractivity contribution is 5.83. The van der Waals surface area contributed by atoms with Crippen LogP contribution in [0.4, 0.5) is 5.95 Å². The van der Waals surface area contributed by atoms with Crippen LogP contribution < -0.4 is 11.1 Å². The molecule has 1 saturated carbocycles. The number of nitrogens with zero attached hydrogens (tertiary/aromatic N) is 4. The van der Waals surface area contributed by atoms with Gasteiger partial charge in [-0.15, -0.1) is 0 Å². The Hall–Kier alpha value is -1.69. The number of hydrazone groups is 1. The summed E-state index contributed by atoms with van der Waals surface area (Å²) in [5.41, 5.74) is 6.28. The second kappa shape index (κ2) is 2.70. The molecule has 1 aromatic rings. The summed E-state index contributed by atoms with van der Waals surface area (Å²) in [4.78, 5) is 8.22. The highest BCUT2D eigenvalue weighted by atomic mass is 15.6. The Kier molecular flexibility index (Phi) is 1.61. The second-order valence-electron chi connectivity index (χ2n) is 4.33. The summed E-state index contributed by atoms with van der Waals surface area (Å²) < 4.78 is 0. The predicted octanol–water partition coefficient (Wildman–Crippen LogP) is -0.453. The quantitative estimate of drug-likeness (QED) is 0.702. The number of nitrogen functional groups attached to an aromatic ring is 1. The van der Waals surface area contributed by atoms with Gasteiger partial charge in [0.15, 0.2) is 0 Å². The van der Waals surface area contributed by atoms with Crippen molar-refractivity contribution in [1.29, 1.82) is 0 Å². The molecule has 1 aliphatic carbocycles. The number of nitrogens with one attached hydrogen (secondary N) is 1. The molecule has 0 spiro atoms. The minimum Gasteiger partial charge on any atom is -0.368 e. The Bertz CT molecular complexity index is 472. The van der Waals surface area contributed by atoms with Gasteiger partial charge in [-0.05, 0) is 13.1 Å². The molecule has 6 heteroatoms. The molecule has 6 nitrogen and oxygen atoms in total. The number of fused-ring (bicyclic) bond motifs is 1. The molecule has 2 aliphatic rings. The van der Waals surface area contributed by atoms with E-state index in [0.29, 0.717) is 5.95 Å². The van der Waals surface area contributed by atoms with E-state index >= 15 is 0 Å². The van der Waals surface area contributed by atoms with Crippen molar-refractivity contribution in [3.63, 3.8) is 0 Å². The van der Waals surface area contributed by atoms with E-state index in [1.54, 1.807) is 6.20 Å². The van der Waals surface area contributed by atoms with E-state index in [1.165, 1.54) is 0 Å². The van der Waals surface area contributed by atoms with Crippen molar-refractivity contribution in [3.8, 4) is 0 Å². The first kappa shape index (κ1) is 9.53. The number of aromatic nitrogens is 2. The van der Waals surface area contributed by atoms with Gasteiger partial charge in [-0.1, -0.05) is 0 Å². The Morgan fingerprint density at radius 2 is 2.38 bits per heavy atom. The van der Waals surface area contributed by atoms with Crippen molar-refractivity contribution >= 4 is 12.2 Å². The third-order valence-corrected chi connectivity index (χ3v) is 3.70. The number of likely N-dealkylation sites (N-methyl/N-ethyl adjacent to an activating group) is 2. The maximum atomic E-state index is 5.62. The Morgan fingerprint density at radius 3 is 3.00 bits per heavy atom. The zero-order valence-electron chi connectivity index (χ0n) is 9.31. The van der Waals surface area contributed by atoms with Crippen LogP contribution >= 0.6 is 0 Å². The van der Waals surface area contributed by atoms with E-state index in [4.69, 9.17) is 5.73 Å². The Labute approximate surface area is 93.6 Å². The van der Waals surface area contributed by atoms with E-state index in [1.807, 2.05) is 31.4 Å². The molecule has 16 heavy (non-hydrogen) atoms. The zero-order valence-corrected chi connectivity index (χ0v) is 9.31. The smallest absolute Gasteiger partial charge is 0.220 e. The van der Waals surface area contributed by atoms with Crippen LogP contribution in [0.25, 0.3) is 0 Å². The van der Waals surface area contributed by atoms with Crippen LogP contribution in [0.15, 0.2) is 17.4 Å². The molecule has 2 heterocycles. The standard InChI is InChI=1S/C10H14N6/c1-12-10-5-9(10,6-14-16(10)2)7-3-4-13-8(11)15-7/h3-4,6,12H,5H2,1-2H3,(H2,11,13,15). The summed E-state index contributed by atoms with van der Waals surface area (Å²) >= 11 is 0. The van der Waals surface area contributed by atoms with Crippen molar-refractivity contribution in [3.05, 3.63) is 18.0 Å². The Morgan fingerprint density at radius 1 is 1.56 bits per heavy atom. The van der Waals surface area contributed by atoms with Crippen LogP contribution in [-0.4, -0.2) is 40.9 Å². The molecule has 2 atom stereocenters. The fourth-order valence-corrected chi connectivity index (χ4v) is 2.66. The molecule has 1 aromatic heterocycles. The average Bonchev–Trinajstić information content (AvgIpc) is 2.90. The minimum absolute atomic E-state index is 0.131. The Balaban J connectivity index is 2.07. The molecule has 0 aromatic carbocycles. The third-order valence-electron chi connectivity index (χ3n) is 3.70. The van der Waals surface area contributed by atoms with E-state index in [-0.39, 0.29) is 11.1 Å². The van der Waals surface area contributed by atoms with Gasteiger partial charge in [0.1, 0.15) is 5.66 Å². The highest BCUT2D eigenvalue weighted by Crippen LogP contribution is 2.60. The maximum Gasteiger partial charge on any atom is 0.220 e. The van der Waals surface area contributed by atoms with Crippen LogP contribution in [0.3, 0.4) is 0 Å². The minimum atomic E-state index is -0.145. The summed E-state index contributed by atoms with van der Waals surface area (Å²) in [5, 5.41) is 9.61. The lowest BCUT2D eigenvalue weighted by molar-refractivity contribution is 0.203. The summed E-state index contributed by atoms with van der Waals surface area (Å²) in [6.07, 6.45) is 4.61. The molecule has 0 radical (unpaired) electrons. The molecule has 0 saturated heterocycles. The first-order valence-electron chi connectivity index (χ1n) is 5.21. The van der Waals surface area contributed by atoms with Crippen molar-refractivity contribution in [2.75, 3.05) is 19.8 Å². The number of rotatable bonds is 2. The lowest BCUT2D eigenvalue weighted by Crippen LogP contribution is -2.44. The maximum absolute atomic E-state index is 5.62. The van der Waals surface area contributed by atoms with Gasteiger partial charge in [-0.3, -0.25) is 10.3 Å². The monoisotopic (exact) mass is 218 g/mol.